The second kappa shape index (κ2) is 9.35. The smallest absolute Gasteiger partial charge is 0.386 e. The molecule has 1 saturated carbocycles. The van der Waals surface area contributed by atoms with Gasteiger partial charge in [0, 0.05) is 0 Å². The minimum absolute atomic E-state index is 0.00769. The number of nitrogens with one attached hydrogen (secondary N) is 2. The van der Waals surface area contributed by atoms with Gasteiger partial charge in [-0.05, 0) is 0 Å². The lowest BCUT2D eigenvalue weighted by molar-refractivity contribution is -0.0764. The van der Waals surface area contributed by atoms with E-state index in [0.717, 1.165) is 28.1 Å². The van der Waals surface area contributed by atoms with Gasteiger partial charge in [0.05, 0.1) is 25.6 Å². The summed E-state index contributed by atoms with van der Waals surface area (Å²) in [5.41, 5.74) is 1.47. The van der Waals surface area contributed by atoms with Crippen LogP contribution < -0.4 is 16.9 Å². The maximum Gasteiger partial charge on any atom is 0.386 e. The second-order valence-electron chi connectivity index (χ2n) is 9.84. The number of nitrogens with zero attached hydrogens (tertiary/aromatic N) is 6. The minimum Gasteiger partial charge on any atom is -0.387 e. The van der Waals surface area contributed by atoms with Crippen molar-refractivity contribution >= 4 is 47.3 Å². The molecular formula is C20H20F2N9O9PS. The Morgan fingerprint density at radius 2 is 1.81 bits per heavy atom. The number of thiol groups is 1. The molecule has 0 aromatic carbocycles. The number of rotatable bonds is 7. The monoisotopic (exact) mass is 631 g/mol. The molecule has 224 valence electrons. The van der Waals surface area contributed by atoms with Crippen LogP contribution in [0.2, 0.25) is 0 Å². The molecule has 0 spiro atoms. The Labute approximate surface area is 235 Å². The predicted molar refractivity (Wildman–Crippen MR) is 137 cm³/mol. The van der Waals surface area contributed by atoms with E-state index in [9.17, 15) is 24.4 Å². The number of hydrogen-bond acceptors (Lipinski definition) is 14. The maximum absolute atomic E-state index is 15.7. The zero-order valence-electron chi connectivity index (χ0n) is 20.7. The van der Waals surface area contributed by atoms with Crippen molar-refractivity contribution in [3.8, 4) is 0 Å². The zero-order chi connectivity index (χ0) is 29.7. The summed E-state index contributed by atoms with van der Waals surface area (Å²) in [6, 6.07) is 0. The topological polar surface area (TPSA) is 248 Å². The third-order valence-electron chi connectivity index (χ3n) is 7.35. The third-order valence-corrected chi connectivity index (χ3v) is 8.95. The Kier molecular flexibility index (Phi) is 6.13. The molecule has 6 heterocycles. The van der Waals surface area contributed by atoms with Crippen LogP contribution in [0.25, 0.3) is 22.3 Å². The molecule has 0 amide bonds. The van der Waals surface area contributed by atoms with Crippen LogP contribution in [0.1, 0.15) is 12.5 Å². The van der Waals surface area contributed by atoms with Gasteiger partial charge >= 0.3 is 6.80 Å². The van der Waals surface area contributed by atoms with Crippen molar-refractivity contribution in [2.24, 2.45) is 0 Å². The molecule has 1 unspecified atom stereocenters. The number of nitrogens with two attached hydrogens (primary N) is 1. The Balaban J connectivity index is 1.10. The molecule has 0 bridgehead atoms. The first kappa shape index (κ1) is 27.5. The predicted octanol–water partition coefficient (Wildman–Crippen LogP) is -1.15. The molecule has 42 heavy (non-hydrogen) atoms. The van der Waals surface area contributed by atoms with Crippen molar-refractivity contribution in [3.05, 3.63) is 39.7 Å². The molecule has 0 radical (unpaired) electrons. The van der Waals surface area contributed by atoms with Crippen molar-refractivity contribution in [1.82, 2.24) is 39.0 Å². The zero-order valence-corrected chi connectivity index (χ0v) is 22.5. The van der Waals surface area contributed by atoms with Crippen LogP contribution in [0.15, 0.2) is 28.6 Å². The number of hydrogen-bond donors (Lipinski definition) is 6. The largest absolute Gasteiger partial charge is 0.387 e. The number of aliphatic hydroxyl groups is 2. The van der Waals surface area contributed by atoms with Gasteiger partial charge in [0.15, 0.2) is 52.7 Å². The van der Waals surface area contributed by atoms with Crippen molar-refractivity contribution in [1.29, 1.82) is 0 Å². The summed E-state index contributed by atoms with van der Waals surface area (Å²) in [5, 5.41) is 20.5. The van der Waals surface area contributed by atoms with Gasteiger partial charge < -0.3 is 30.4 Å². The van der Waals surface area contributed by atoms with E-state index in [1.807, 2.05) is 0 Å². The molecule has 3 fully saturated rings. The van der Waals surface area contributed by atoms with Gasteiger partial charge in [0.25, 0.3) is 11.1 Å². The summed E-state index contributed by atoms with van der Waals surface area (Å²) in [5.74, 6) is -0.265. The van der Waals surface area contributed by atoms with E-state index < -0.39 is 79.3 Å². The number of imidazole rings is 2. The average molecular weight is 631 g/mol. The molecular weight excluding hydrogens is 611 g/mol. The summed E-state index contributed by atoms with van der Waals surface area (Å²) in [4.78, 5) is 44.4. The van der Waals surface area contributed by atoms with Crippen molar-refractivity contribution < 1.29 is 42.1 Å². The van der Waals surface area contributed by atoms with Crippen LogP contribution in [-0.4, -0.2) is 98.2 Å². The number of nitrogen functional groups attached to an aromatic ring is 1. The van der Waals surface area contributed by atoms with Gasteiger partial charge in [-0.1, -0.05) is 12.2 Å². The SMILES string of the molecule is Nc1nc2c(ncn2[C@@H]2O[C@@H]3C(O)[C@@]3(F)[C@H]2O[P@](=O)(S)OC[C@H]2O[C@@H](n3cnc4c(=O)[nH]cnc43)[C@@H](F)[C@@H]2O)c(=O)[nH]1. The van der Waals surface area contributed by atoms with Gasteiger partial charge in [-0.3, -0.25) is 32.8 Å². The molecule has 1 aliphatic carbocycles. The number of halogens is 2. The molecule has 3 aliphatic rings. The molecule has 4 aromatic rings. The number of ether oxygens (including phenoxy) is 2. The van der Waals surface area contributed by atoms with E-state index in [1.165, 1.54) is 0 Å². The molecule has 7 rings (SSSR count). The lowest BCUT2D eigenvalue weighted by atomic mass is 10.1. The van der Waals surface area contributed by atoms with E-state index >= 15 is 8.78 Å². The number of fused-ring (bicyclic) bond motifs is 3. The number of aromatic nitrogens is 8. The van der Waals surface area contributed by atoms with E-state index in [-0.39, 0.29) is 28.3 Å². The number of aromatic amines is 2. The number of aliphatic hydroxyl groups excluding tert-OH is 2. The van der Waals surface area contributed by atoms with Crippen LogP contribution >= 0.6 is 19.0 Å². The van der Waals surface area contributed by atoms with Gasteiger partial charge in [-0.2, -0.15) is 4.98 Å². The molecule has 2 aliphatic heterocycles. The standard InChI is InChI=1S/C20H20F2N9O9PS/c21-6-9(32)5(38-17(6)30-3-26-7-13(30)24-2-25-15(7)34)1-37-41(36,42)40-12-18(39-11-10(33)20(11,12)22)31-4-27-8-14(31)28-19(23)29-16(8)35/h2-6,9-12,17-18,32-33H,1H2,(H,36,42)(H,24,25,34)(H3,23,28,29,35)/t5-,6+,9-,10?,11-,12+,17-,18-,20+,41-/m1/s1. The molecule has 18 nitrogen and oxygen atoms in total. The Bertz CT molecular complexity index is 1890. The number of anilines is 1. The van der Waals surface area contributed by atoms with Crippen LogP contribution in [0.3, 0.4) is 0 Å². The van der Waals surface area contributed by atoms with Crippen LogP contribution in [0.4, 0.5) is 14.7 Å². The summed E-state index contributed by atoms with van der Waals surface area (Å²) >= 11 is 3.90. The van der Waals surface area contributed by atoms with Crippen molar-refractivity contribution in [3.63, 3.8) is 0 Å². The highest BCUT2D eigenvalue weighted by Gasteiger charge is 2.80. The van der Waals surface area contributed by atoms with Crippen LogP contribution in [-0.2, 0) is 23.1 Å². The van der Waals surface area contributed by atoms with Gasteiger partial charge in [-0.25, -0.2) is 28.3 Å². The summed E-state index contributed by atoms with van der Waals surface area (Å²) in [6.45, 7) is -5.27. The minimum atomic E-state index is -4.54. The van der Waals surface area contributed by atoms with Gasteiger partial charge in [0.2, 0.25) is 5.95 Å². The summed E-state index contributed by atoms with van der Waals surface area (Å²) in [6.07, 6.45) is -9.69. The lowest BCUT2D eigenvalue weighted by Crippen LogP contribution is -2.36. The first-order chi connectivity index (χ1) is 19.9. The third kappa shape index (κ3) is 4.03. The van der Waals surface area contributed by atoms with Crippen molar-refractivity contribution in [2.45, 2.75) is 54.8 Å². The molecule has 2 saturated heterocycles. The van der Waals surface area contributed by atoms with Crippen molar-refractivity contribution in [2.75, 3.05) is 12.3 Å². The average Bonchev–Trinajstić information content (AvgIpc) is 3.47. The van der Waals surface area contributed by atoms with E-state index in [4.69, 9.17) is 24.3 Å². The van der Waals surface area contributed by atoms with E-state index in [0.29, 0.717) is 0 Å². The molecule has 10 atom stereocenters. The summed E-state index contributed by atoms with van der Waals surface area (Å²) in [7, 11) is 0. The van der Waals surface area contributed by atoms with Crippen LogP contribution in [0.5, 0.6) is 0 Å². The van der Waals surface area contributed by atoms with Gasteiger partial charge in [-0.15, -0.1) is 0 Å². The first-order valence-corrected chi connectivity index (χ1v) is 14.9. The van der Waals surface area contributed by atoms with Crippen LogP contribution in [0, 0.1) is 0 Å². The fraction of sp³-hybridized carbons (Fsp3) is 0.500. The van der Waals surface area contributed by atoms with Gasteiger partial charge in [0.1, 0.15) is 24.4 Å². The summed E-state index contributed by atoms with van der Waals surface area (Å²) < 4.78 is 68.0. The lowest BCUT2D eigenvalue weighted by Gasteiger charge is -2.28. The molecule has 22 heteroatoms. The quantitative estimate of drug-likeness (QED) is 0.104. The maximum atomic E-state index is 15.7. The first-order valence-electron chi connectivity index (χ1n) is 12.2. The fourth-order valence-corrected chi connectivity index (χ4v) is 6.66. The normalized spacial score (nSPS) is 35.5. The fourth-order valence-electron chi connectivity index (χ4n) is 5.21. The highest BCUT2D eigenvalue weighted by atomic mass is 32.7. The Morgan fingerprint density at radius 1 is 1.12 bits per heavy atom. The number of H-pyrrole nitrogens is 2. The van der Waals surface area contributed by atoms with E-state index in [1.54, 1.807) is 0 Å². The Morgan fingerprint density at radius 3 is 2.55 bits per heavy atom. The number of alkyl halides is 2. The Hall–Kier alpha value is -3.30. The molecule has 4 aromatic heterocycles. The molecule has 6 N–H and O–H groups in total. The highest BCUT2D eigenvalue weighted by Crippen LogP contribution is 2.64. The second-order valence-corrected chi connectivity index (χ2v) is 12.7. The highest BCUT2D eigenvalue weighted by molar-refractivity contribution is 8.44. The van der Waals surface area contributed by atoms with E-state index in [2.05, 4.69) is 42.2 Å².